The molecule has 5 rings (SSSR count). The Morgan fingerprint density at radius 3 is 0.871 bits per heavy atom. The second-order valence-corrected chi connectivity index (χ2v) is 8.23. The first-order chi connectivity index (χ1) is 15.4. The van der Waals surface area contributed by atoms with Crippen LogP contribution in [0.25, 0.3) is 0 Å². The first kappa shape index (κ1) is 19.3. The van der Waals surface area contributed by atoms with Crippen molar-refractivity contribution in [3.05, 3.63) is 168 Å². The number of allylic oxidation sites excluding steroid dienone is 4. The zero-order valence-corrected chi connectivity index (χ0v) is 17.5. The fourth-order valence-electron chi connectivity index (χ4n) is 5.17. The zero-order chi connectivity index (χ0) is 20.9. The summed E-state index contributed by atoms with van der Waals surface area (Å²) < 4.78 is 0. The molecular weight excluding hydrogens is 372 g/mol. The van der Waals surface area contributed by atoms with Crippen LogP contribution in [0, 0.1) is 5.41 Å². The van der Waals surface area contributed by atoms with Crippen LogP contribution in [0.1, 0.15) is 34.1 Å². The van der Waals surface area contributed by atoms with E-state index >= 15 is 0 Å². The Morgan fingerprint density at radius 2 is 0.613 bits per heavy atom. The molecule has 0 aliphatic heterocycles. The van der Waals surface area contributed by atoms with E-state index in [4.69, 9.17) is 0 Å². The third-order valence-electron chi connectivity index (χ3n) is 6.41. The standard InChI is InChI=1S/C31H26/c1-5-15-25(16-6-1)29(26-17-7-2-8-18-26)31(23-13-14-24-31)30(27-19-9-3-10-20-27)28-21-11-4-12-22-28/h1-24,29-30H. The molecule has 31 heavy (non-hydrogen) atoms. The lowest BCUT2D eigenvalue weighted by Gasteiger charge is -2.43. The molecule has 150 valence electrons. The molecule has 0 amide bonds. The average molecular weight is 399 g/mol. The maximum atomic E-state index is 2.42. The maximum Gasteiger partial charge on any atom is 0.0286 e. The minimum atomic E-state index is -0.217. The minimum absolute atomic E-state index is 0.190. The van der Waals surface area contributed by atoms with Gasteiger partial charge in [0.25, 0.3) is 0 Å². The average Bonchev–Trinajstić information content (AvgIpc) is 3.32. The van der Waals surface area contributed by atoms with Gasteiger partial charge >= 0.3 is 0 Å². The first-order valence-electron chi connectivity index (χ1n) is 11.0. The number of benzene rings is 4. The van der Waals surface area contributed by atoms with Gasteiger partial charge in [-0.25, -0.2) is 0 Å². The van der Waals surface area contributed by atoms with Crippen LogP contribution in [0.5, 0.6) is 0 Å². The molecule has 0 spiro atoms. The highest BCUT2D eigenvalue weighted by Crippen LogP contribution is 2.56. The molecule has 0 bridgehead atoms. The van der Waals surface area contributed by atoms with Gasteiger partial charge in [-0.2, -0.15) is 0 Å². The highest BCUT2D eigenvalue weighted by Gasteiger charge is 2.45. The van der Waals surface area contributed by atoms with Crippen LogP contribution in [0.2, 0.25) is 0 Å². The predicted molar refractivity (Wildman–Crippen MR) is 130 cm³/mol. The molecule has 0 aromatic heterocycles. The van der Waals surface area contributed by atoms with Crippen LogP contribution < -0.4 is 0 Å². The van der Waals surface area contributed by atoms with Gasteiger partial charge in [0.15, 0.2) is 0 Å². The van der Waals surface area contributed by atoms with Crippen molar-refractivity contribution < 1.29 is 0 Å². The molecule has 0 heterocycles. The van der Waals surface area contributed by atoms with Crippen LogP contribution in [0.15, 0.2) is 146 Å². The zero-order valence-electron chi connectivity index (χ0n) is 17.5. The quantitative estimate of drug-likeness (QED) is 0.311. The van der Waals surface area contributed by atoms with Gasteiger partial charge in [0, 0.05) is 17.3 Å². The van der Waals surface area contributed by atoms with E-state index in [-0.39, 0.29) is 17.3 Å². The lowest BCUT2D eigenvalue weighted by molar-refractivity contribution is 0.383. The van der Waals surface area contributed by atoms with Crippen LogP contribution in [-0.4, -0.2) is 0 Å². The molecule has 0 unspecified atom stereocenters. The van der Waals surface area contributed by atoms with Crippen LogP contribution in [-0.2, 0) is 0 Å². The van der Waals surface area contributed by atoms with Crippen molar-refractivity contribution in [2.75, 3.05) is 0 Å². The van der Waals surface area contributed by atoms with Gasteiger partial charge in [0.1, 0.15) is 0 Å². The van der Waals surface area contributed by atoms with Crippen molar-refractivity contribution in [3.63, 3.8) is 0 Å². The highest BCUT2D eigenvalue weighted by molar-refractivity contribution is 5.50. The van der Waals surface area contributed by atoms with Crippen molar-refractivity contribution in [3.8, 4) is 0 Å². The van der Waals surface area contributed by atoms with Crippen LogP contribution in [0.3, 0.4) is 0 Å². The highest BCUT2D eigenvalue weighted by atomic mass is 14.5. The van der Waals surface area contributed by atoms with E-state index < -0.39 is 0 Å². The summed E-state index contributed by atoms with van der Waals surface area (Å²) in [6, 6.07) is 43.8. The van der Waals surface area contributed by atoms with Gasteiger partial charge in [-0.1, -0.05) is 146 Å². The van der Waals surface area contributed by atoms with E-state index in [0.717, 1.165) is 0 Å². The topological polar surface area (TPSA) is 0 Å². The van der Waals surface area contributed by atoms with E-state index in [1.807, 2.05) is 0 Å². The summed E-state index contributed by atoms with van der Waals surface area (Å²) in [5.41, 5.74) is 5.12. The Kier molecular flexibility index (Phi) is 5.37. The van der Waals surface area contributed by atoms with Crippen LogP contribution in [0.4, 0.5) is 0 Å². The largest absolute Gasteiger partial charge is 0.0727 e. The second kappa shape index (κ2) is 8.62. The van der Waals surface area contributed by atoms with Crippen molar-refractivity contribution in [1.29, 1.82) is 0 Å². The van der Waals surface area contributed by atoms with Gasteiger partial charge < -0.3 is 0 Å². The molecule has 1 aliphatic carbocycles. The smallest absolute Gasteiger partial charge is 0.0286 e. The van der Waals surface area contributed by atoms with E-state index in [9.17, 15) is 0 Å². The van der Waals surface area contributed by atoms with E-state index in [2.05, 4.69) is 146 Å². The lowest BCUT2D eigenvalue weighted by Crippen LogP contribution is -2.33. The fraction of sp³-hybridized carbons (Fsp3) is 0.0968. The number of rotatable bonds is 6. The predicted octanol–water partition coefficient (Wildman–Crippen LogP) is 7.76. The summed E-state index contributed by atoms with van der Waals surface area (Å²) in [5, 5.41) is 0. The monoisotopic (exact) mass is 398 g/mol. The number of hydrogen-bond acceptors (Lipinski definition) is 0. The second-order valence-electron chi connectivity index (χ2n) is 8.23. The fourth-order valence-corrected chi connectivity index (χ4v) is 5.17. The van der Waals surface area contributed by atoms with Crippen molar-refractivity contribution in [2.45, 2.75) is 11.8 Å². The maximum absolute atomic E-state index is 2.42. The van der Waals surface area contributed by atoms with Crippen molar-refractivity contribution in [2.24, 2.45) is 5.41 Å². The van der Waals surface area contributed by atoms with Crippen LogP contribution >= 0.6 is 0 Å². The Balaban J connectivity index is 1.79. The summed E-state index contributed by atoms with van der Waals surface area (Å²) in [5.74, 6) is 0.380. The van der Waals surface area contributed by atoms with Gasteiger partial charge in [-0.3, -0.25) is 0 Å². The van der Waals surface area contributed by atoms with E-state index in [1.54, 1.807) is 0 Å². The molecule has 0 radical (unpaired) electrons. The first-order valence-corrected chi connectivity index (χ1v) is 11.0. The molecule has 1 aliphatic rings. The SMILES string of the molecule is C1=CC(C(c2ccccc2)c2ccccc2)(C(c2ccccc2)c2ccccc2)C=C1. The molecule has 0 heteroatoms. The molecule has 0 nitrogen and oxygen atoms in total. The Hall–Kier alpha value is -3.64. The third-order valence-corrected chi connectivity index (χ3v) is 6.41. The summed E-state index contributed by atoms with van der Waals surface area (Å²) in [6.07, 6.45) is 9.28. The van der Waals surface area contributed by atoms with Gasteiger partial charge in [-0.15, -0.1) is 0 Å². The van der Waals surface area contributed by atoms with Gasteiger partial charge in [-0.05, 0) is 22.3 Å². The summed E-state index contributed by atoms with van der Waals surface area (Å²) >= 11 is 0. The van der Waals surface area contributed by atoms with Gasteiger partial charge in [0.05, 0.1) is 0 Å². The molecule has 0 saturated carbocycles. The Morgan fingerprint density at radius 1 is 0.355 bits per heavy atom. The minimum Gasteiger partial charge on any atom is -0.0727 e. The van der Waals surface area contributed by atoms with Gasteiger partial charge in [0.2, 0.25) is 0 Å². The molecule has 0 fully saturated rings. The van der Waals surface area contributed by atoms with E-state index in [0.29, 0.717) is 0 Å². The summed E-state index contributed by atoms with van der Waals surface area (Å²) in [7, 11) is 0. The molecule has 4 aromatic rings. The molecular formula is C31H26. The molecule has 0 atom stereocenters. The molecule has 0 saturated heterocycles. The summed E-state index contributed by atoms with van der Waals surface area (Å²) in [6.45, 7) is 0. The molecule has 4 aromatic carbocycles. The van der Waals surface area contributed by atoms with E-state index in [1.165, 1.54) is 22.3 Å². The van der Waals surface area contributed by atoms with Crippen molar-refractivity contribution >= 4 is 0 Å². The number of hydrogen-bond donors (Lipinski definition) is 0. The Bertz CT molecular complexity index is 980. The lowest BCUT2D eigenvalue weighted by atomic mass is 9.59. The summed E-state index contributed by atoms with van der Waals surface area (Å²) in [4.78, 5) is 0. The normalized spacial score (nSPS) is 14.4. The van der Waals surface area contributed by atoms with Crippen molar-refractivity contribution in [1.82, 2.24) is 0 Å². The third kappa shape index (κ3) is 3.66. The Labute approximate surface area is 185 Å². The molecule has 0 N–H and O–H groups in total.